The zero-order valence-electron chi connectivity index (χ0n) is 10.1. The lowest BCUT2D eigenvalue weighted by molar-refractivity contribution is -0.118. The lowest BCUT2D eigenvalue weighted by Crippen LogP contribution is -2.20. The molecule has 0 radical (unpaired) electrons. The number of halogens is 1. The summed E-state index contributed by atoms with van der Waals surface area (Å²) in [5.74, 6) is 0.378. The highest BCUT2D eigenvalue weighted by molar-refractivity contribution is 9.10. The number of rotatable bonds is 4. The van der Waals surface area contributed by atoms with Gasteiger partial charge in [-0.05, 0) is 30.3 Å². The minimum absolute atomic E-state index is 0.0647. The van der Waals surface area contributed by atoms with Crippen molar-refractivity contribution in [1.82, 2.24) is 0 Å². The van der Waals surface area contributed by atoms with Crippen LogP contribution in [-0.4, -0.2) is 12.5 Å². The number of hydrogen-bond acceptors (Lipinski definition) is 3. The van der Waals surface area contributed by atoms with Crippen LogP contribution in [0, 0.1) is 0 Å². The van der Waals surface area contributed by atoms with Crippen molar-refractivity contribution in [2.45, 2.75) is 0 Å². The van der Waals surface area contributed by atoms with Crippen LogP contribution in [0.25, 0.3) is 0 Å². The van der Waals surface area contributed by atoms with E-state index in [-0.39, 0.29) is 12.5 Å². The SMILES string of the molecule is Nc1ccccc1NC(=O)COc1cccc(Br)c1. The molecular formula is C14H13BrN2O2. The molecule has 0 heterocycles. The van der Waals surface area contributed by atoms with Crippen LogP contribution < -0.4 is 15.8 Å². The first-order chi connectivity index (χ1) is 9.15. The molecule has 0 atom stereocenters. The lowest BCUT2D eigenvalue weighted by atomic mass is 10.3. The molecule has 0 saturated carbocycles. The molecule has 0 aliphatic heterocycles. The molecule has 2 aromatic rings. The number of carbonyl (C=O) groups excluding carboxylic acids is 1. The van der Waals surface area contributed by atoms with Gasteiger partial charge in [0.15, 0.2) is 6.61 Å². The van der Waals surface area contributed by atoms with E-state index in [0.29, 0.717) is 17.1 Å². The molecule has 0 aromatic heterocycles. The molecule has 0 bridgehead atoms. The van der Waals surface area contributed by atoms with E-state index in [1.165, 1.54) is 0 Å². The predicted molar refractivity (Wildman–Crippen MR) is 79.1 cm³/mol. The van der Waals surface area contributed by atoms with Gasteiger partial charge in [-0.15, -0.1) is 0 Å². The molecule has 0 fully saturated rings. The molecular weight excluding hydrogens is 308 g/mol. The maximum Gasteiger partial charge on any atom is 0.262 e. The Morgan fingerprint density at radius 3 is 2.74 bits per heavy atom. The maximum atomic E-state index is 11.7. The van der Waals surface area contributed by atoms with E-state index in [1.807, 2.05) is 18.2 Å². The van der Waals surface area contributed by atoms with Gasteiger partial charge in [-0.25, -0.2) is 0 Å². The van der Waals surface area contributed by atoms with Gasteiger partial charge in [0.05, 0.1) is 11.4 Å². The van der Waals surface area contributed by atoms with Crippen molar-refractivity contribution < 1.29 is 9.53 Å². The Morgan fingerprint density at radius 1 is 1.21 bits per heavy atom. The highest BCUT2D eigenvalue weighted by atomic mass is 79.9. The van der Waals surface area contributed by atoms with Crippen LogP contribution in [-0.2, 0) is 4.79 Å². The number of benzene rings is 2. The first-order valence-electron chi connectivity index (χ1n) is 5.68. The van der Waals surface area contributed by atoms with Gasteiger partial charge in [0.25, 0.3) is 5.91 Å². The Kier molecular flexibility index (Phi) is 4.41. The topological polar surface area (TPSA) is 64.3 Å². The highest BCUT2D eigenvalue weighted by Crippen LogP contribution is 2.18. The van der Waals surface area contributed by atoms with Crippen molar-refractivity contribution in [3.05, 3.63) is 53.0 Å². The van der Waals surface area contributed by atoms with Crippen LogP contribution in [0.5, 0.6) is 5.75 Å². The number of hydrogen-bond donors (Lipinski definition) is 2. The van der Waals surface area contributed by atoms with Crippen LogP contribution >= 0.6 is 15.9 Å². The normalized spacial score (nSPS) is 9.95. The average Bonchev–Trinajstić information content (AvgIpc) is 2.39. The molecule has 0 aliphatic rings. The van der Waals surface area contributed by atoms with Gasteiger partial charge in [-0.3, -0.25) is 4.79 Å². The number of nitrogens with one attached hydrogen (secondary N) is 1. The summed E-state index contributed by atoms with van der Waals surface area (Å²) in [4.78, 5) is 11.7. The van der Waals surface area contributed by atoms with Crippen LogP contribution in [0.3, 0.4) is 0 Å². The molecule has 98 valence electrons. The molecule has 3 N–H and O–H groups in total. The molecule has 5 heteroatoms. The van der Waals surface area contributed by atoms with Crippen molar-refractivity contribution in [2.75, 3.05) is 17.7 Å². The first kappa shape index (κ1) is 13.4. The zero-order chi connectivity index (χ0) is 13.7. The number of nitrogen functional groups attached to an aromatic ring is 1. The van der Waals surface area contributed by atoms with Crippen molar-refractivity contribution in [1.29, 1.82) is 0 Å². The van der Waals surface area contributed by atoms with E-state index in [4.69, 9.17) is 10.5 Å². The third kappa shape index (κ3) is 3.99. The summed E-state index contributed by atoms with van der Waals surface area (Å²) in [6.07, 6.45) is 0. The molecule has 19 heavy (non-hydrogen) atoms. The van der Waals surface area contributed by atoms with E-state index in [2.05, 4.69) is 21.2 Å². The standard InChI is InChI=1S/C14H13BrN2O2/c15-10-4-3-5-11(8-10)19-9-14(18)17-13-7-2-1-6-12(13)16/h1-8H,9,16H2,(H,17,18). The molecule has 2 aromatic carbocycles. The van der Waals surface area contributed by atoms with Gasteiger partial charge in [-0.1, -0.05) is 34.1 Å². The maximum absolute atomic E-state index is 11.7. The first-order valence-corrected chi connectivity index (χ1v) is 6.47. The summed E-state index contributed by atoms with van der Waals surface area (Å²) in [7, 11) is 0. The van der Waals surface area contributed by atoms with Crippen molar-refractivity contribution in [2.24, 2.45) is 0 Å². The van der Waals surface area contributed by atoms with Gasteiger partial charge in [0, 0.05) is 4.47 Å². The molecule has 0 saturated heterocycles. The Balaban J connectivity index is 1.90. The van der Waals surface area contributed by atoms with E-state index in [0.717, 1.165) is 4.47 Å². The number of nitrogens with two attached hydrogens (primary N) is 1. The van der Waals surface area contributed by atoms with Crippen LogP contribution in [0.1, 0.15) is 0 Å². The van der Waals surface area contributed by atoms with E-state index < -0.39 is 0 Å². The number of amides is 1. The quantitative estimate of drug-likeness (QED) is 0.851. The second-order valence-corrected chi connectivity index (χ2v) is 4.80. The minimum atomic E-state index is -0.252. The van der Waals surface area contributed by atoms with Gasteiger partial charge < -0.3 is 15.8 Å². The second kappa shape index (κ2) is 6.24. The molecule has 1 amide bonds. The predicted octanol–water partition coefficient (Wildman–Crippen LogP) is 3.05. The van der Waals surface area contributed by atoms with Crippen molar-refractivity contribution in [3.63, 3.8) is 0 Å². The third-order valence-electron chi connectivity index (χ3n) is 2.40. The number of para-hydroxylation sites is 2. The highest BCUT2D eigenvalue weighted by Gasteiger charge is 2.05. The van der Waals surface area contributed by atoms with Crippen molar-refractivity contribution in [3.8, 4) is 5.75 Å². The fraction of sp³-hybridized carbons (Fsp3) is 0.0714. The summed E-state index contributed by atoms with van der Waals surface area (Å²) in [6.45, 7) is -0.0647. The Labute approximate surface area is 119 Å². The number of ether oxygens (including phenoxy) is 1. The summed E-state index contributed by atoms with van der Waals surface area (Å²) in [6, 6.07) is 14.4. The monoisotopic (exact) mass is 320 g/mol. The Bertz CT molecular complexity index is 587. The van der Waals surface area contributed by atoms with Gasteiger partial charge in [0.1, 0.15) is 5.75 Å². The second-order valence-electron chi connectivity index (χ2n) is 3.88. The van der Waals surface area contributed by atoms with Crippen LogP contribution in [0.15, 0.2) is 53.0 Å². The van der Waals surface area contributed by atoms with Gasteiger partial charge in [-0.2, -0.15) is 0 Å². The summed E-state index contributed by atoms with van der Waals surface area (Å²) < 4.78 is 6.28. The van der Waals surface area contributed by atoms with Crippen LogP contribution in [0.4, 0.5) is 11.4 Å². The minimum Gasteiger partial charge on any atom is -0.484 e. The van der Waals surface area contributed by atoms with E-state index >= 15 is 0 Å². The van der Waals surface area contributed by atoms with Crippen molar-refractivity contribution >= 4 is 33.2 Å². The fourth-order valence-electron chi connectivity index (χ4n) is 1.50. The van der Waals surface area contributed by atoms with Gasteiger partial charge >= 0.3 is 0 Å². The zero-order valence-corrected chi connectivity index (χ0v) is 11.7. The molecule has 0 unspecified atom stereocenters. The molecule has 2 rings (SSSR count). The molecule has 4 nitrogen and oxygen atoms in total. The summed E-state index contributed by atoms with van der Waals surface area (Å²) >= 11 is 3.34. The van der Waals surface area contributed by atoms with Gasteiger partial charge in [0.2, 0.25) is 0 Å². The lowest BCUT2D eigenvalue weighted by Gasteiger charge is -2.09. The number of carbonyl (C=O) groups is 1. The average molecular weight is 321 g/mol. The molecule has 0 aliphatic carbocycles. The number of anilines is 2. The largest absolute Gasteiger partial charge is 0.484 e. The Hall–Kier alpha value is -2.01. The molecule has 0 spiro atoms. The Morgan fingerprint density at radius 2 is 2.00 bits per heavy atom. The fourth-order valence-corrected chi connectivity index (χ4v) is 1.88. The smallest absolute Gasteiger partial charge is 0.262 e. The van der Waals surface area contributed by atoms with Crippen LogP contribution in [0.2, 0.25) is 0 Å². The van der Waals surface area contributed by atoms with E-state index in [9.17, 15) is 4.79 Å². The summed E-state index contributed by atoms with van der Waals surface area (Å²) in [5, 5.41) is 2.69. The summed E-state index contributed by atoms with van der Waals surface area (Å²) in [5.41, 5.74) is 6.85. The van der Waals surface area contributed by atoms with E-state index in [1.54, 1.807) is 30.3 Å². The third-order valence-corrected chi connectivity index (χ3v) is 2.89.